The van der Waals surface area contributed by atoms with Gasteiger partial charge in [-0.3, -0.25) is 19.0 Å². The number of rotatable bonds is 4. The first-order valence-electron chi connectivity index (χ1n) is 8.42. The van der Waals surface area contributed by atoms with Crippen LogP contribution in [0.3, 0.4) is 0 Å². The average molecular weight is 361 g/mol. The quantitative estimate of drug-likeness (QED) is 0.747. The van der Waals surface area contributed by atoms with E-state index in [1.807, 2.05) is 24.3 Å². The average Bonchev–Trinajstić information content (AvgIpc) is 2.62. The van der Waals surface area contributed by atoms with Crippen LogP contribution in [-0.4, -0.2) is 16.4 Å². The minimum absolute atomic E-state index is 0.168. The summed E-state index contributed by atoms with van der Waals surface area (Å²) in [4.78, 5) is 35.1. The number of pyridine rings is 1. The summed E-state index contributed by atoms with van der Waals surface area (Å²) in [6, 6.07) is 17.6. The third kappa shape index (κ3) is 4.30. The highest BCUT2D eigenvalue weighted by molar-refractivity contribution is 5.94. The lowest BCUT2D eigenvalue weighted by molar-refractivity contribution is -0.115. The molecule has 2 amide bonds. The summed E-state index contributed by atoms with van der Waals surface area (Å²) in [6.07, 6.45) is 1.72. The zero-order valence-electron chi connectivity index (χ0n) is 15.0. The van der Waals surface area contributed by atoms with Crippen molar-refractivity contribution in [1.29, 1.82) is 0 Å². The van der Waals surface area contributed by atoms with Crippen molar-refractivity contribution in [2.24, 2.45) is 0 Å². The molecule has 136 valence electrons. The molecule has 0 atom stereocenters. The van der Waals surface area contributed by atoms with Gasteiger partial charge in [0.15, 0.2) is 0 Å². The van der Waals surface area contributed by atoms with E-state index in [0.717, 1.165) is 11.1 Å². The lowest BCUT2D eigenvalue weighted by Gasteiger charge is -2.13. The number of hydrogen-bond donors (Lipinski definition) is 2. The second-order valence-corrected chi connectivity index (χ2v) is 6.08. The van der Waals surface area contributed by atoms with E-state index in [1.165, 1.54) is 24.5 Å². The summed E-state index contributed by atoms with van der Waals surface area (Å²) in [5, 5.41) is 5.51. The van der Waals surface area contributed by atoms with Crippen molar-refractivity contribution in [2.45, 2.75) is 13.8 Å². The number of amides is 2. The van der Waals surface area contributed by atoms with Gasteiger partial charge in [-0.25, -0.2) is 0 Å². The lowest BCUT2D eigenvalue weighted by Crippen LogP contribution is -2.17. The fourth-order valence-corrected chi connectivity index (χ4v) is 2.82. The van der Waals surface area contributed by atoms with Crippen molar-refractivity contribution < 1.29 is 9.59 Å². The van der Waals surface area contributed by atoms with Gasteiger partial charge in [0.2, 0.25) is 11.8 Å². The van der Waals surface area contributed by atoms with Crippen molar-refractivity contribution >= 4 is 23.2 Å². The number of carbonyl (C=O) groups is 2. The van der Waals surface area contributed by atoms with Crippen molar-refractivity contribution in [1.82, 2.24) is 4.57 Å². The summed E-state index contributed by atoms with van der Waals surface area (Å²) >= 11 is 0. The molecule has 0 saturated heterocycles. The molecule has 0 unspecified atom stereocenters. The molecule has 3 aromatic rings. The van der Waals surface area contributed by atoms with Crippen LogP contribution in [0.25, 0.3) is 16.8 Å². The van der Waals surface area contributed by atoms with Gasteiger partial charge < -0.3 is 10.6 Å². The summed E-state index contributed by atoms with van der Waals surface area (Å²) in [5.41, 5.74) is 3.29. The number of para-hydroxylation sites is 1. The first-order valence-corrected chi connectivity index (χ1v) is 8.42. The second kappa shape index (κ2) is 7.70. The van der Waals surface area contributed by atoms with E-state index in [2.05, 4.69) is 10.6 Å². The van der Waals surface area contributed by atoms with Crippen molar-refractivity contribution in [2.75, 3.05) is 10.6 Å². The Bertz CT molecular complexity index is 1070. The minimum atomic E-state index is -0.198. The van der Waals surface area contributed by atoms with Crippen LogP contribution in [0.2, 0.25) is 0 Å². The van der Waals surface area contributed by atoms with Gasteiger partial charge in [0.05, 0.1) is 5.69 Å². The maximum atomic E-state index is 12.4. The zero-order valence-corrected chi connectivity index (χ0v) is 15.0. The Morgan fingerprint density at radius 1 is 0.852 bits per heavy atom. The summed E-state index contributed by atoms with van der Waals surface area (Å²) in [6.45, 7) is 2.88. The van der Waals surface area contributed by atoms with Gasteiger partial charge in [0, 0.05) is 48.6 Å². The predicted molar refractivity (Wildman–Crippen MR) is 106 cm³/mol. The fraction of sp³-hybridized carbons (Fsp3) is 0.0952. The van der Waals surface area contributed by atoms with Crippen LogP contribution in [0.5, 0.6) is 0 Å². The molecule has 0 spiro atoms. The van der Waals surface area contributed by atoms with Crippen molar-refractivity contribution in [3.63, 3.8) is 0 Å². The normalized spacial score (nSPS) is 10.3. The van der Waals surface area contributed by atoms with Crippen LogP contribution in [0.1, 0.15) is 13.8 Å². The van der Waals surface area contributed by atoms with Gasteiger partial charge in [0.25, 0.3) is 5.56 Å². The molecule has 1 aromatic heterocycles. The molecule has 6 nitrogen and oxygen atoms in total. The lowest BCUT2D eigenvalue weighted by atomic mass is 10.1. The Labute approximate surface area is 156 Å². The highest BCUT2D eigenvalue weighted by Gasteiger charge is 2.09. The molecule has 2 N–H and O–H groups in total. The molecular formula is C21H19N3O3. The van der Waals surface area contributed by atoms with E-state index in [0.29, 0.717) is 17.1 Å². The van der Waals surface area contributed by atoms with E-state index in [4.69, 9.17) is 0 Å². The van der Waals surface area contributed by atoms with E-state index < -0.39 is 0 Å². The standard InChI is InChI=1S/C21H19N3O3/c1-14(25)22-17-6-5-7-18(12-17)24-13-16(10-11-21(24)27)19-8-3-4-9-20(19)23-15(2)26/h3-13H,1-2H3,(H,22,25)(H,23,26). The molecule has 0 bridgehead atoms. The summed E-state index contributed by atoms with van der Waals surface area (Å²) < 4.78 is 1.51. The summed E-state index contributed by atoms with van der Waals surface area (Å²) in [5.74, 6) is -0.351. The number of benzene rings is 2. The van der Waals surface area contributed by atoms with Crippen LogP contribution in [0.15, 0.2) is 71.7 Å². The molecule has 0 aliphatic rings. The van der Waals surface area contributed by atoms with Gasteiger partial charge in [-0.05, 0) is 30.3 Å². The molecule has 0 fully saturated rings. The van der Waals surface area contributed by atoms with E-state index in [9.17, 15) is 14.4 Å². The monoisotopic (exact) mass is 361 g/mol. The first kappa shape index (κ1) is 18.1. The van der Waals surface area contributed by atoms with Gasteiger partial charge in [0.1, 0.15) is 0 Å². The van der Waals surface area contributed by atoms with Crippen LogP contribution in [-0.2, 0) is 9.59 Å². The molecule has 27 heavy (non-hydrogen) atoms. The van der Waals surface area contributed by atoms with Crippen LogP contribution < -0.4 is 16.2 Å². The minimum Gasteiger partial charge on any atom is -0.326 e. The Morgan fingerprint density at radius 2 is 1.59 bits per heavy atom. The predicted octanol–water partition coefficient (Wildman–Crippen LogP) is 3.42. The molecule has 3 rings (SSSR count). The molecule has 6 heteroatoms. The third-order valence-electron chi connectivity index (χ3n) is 3.90. The Hall–Kier alpha value is -3.67. The Kier molecular flexibility index (Phi) is 5.17. The van der Waals surface area contributed by atoms with E-state index >= 15 is 0 Å². The number of anilines is 2. The number of carbonyl (C=O) groups excluding carboxylic acids is 2. The Balaban J connectivity index is 2.08. The van der Waals surface area contributed by atoms with Gasteiger partial charge in [-0.15, -0.1) is 0 Å². The molecular weight excluding hydrogens is 342 g/mol. The smallest absolute Gasteiger partial charge is 0.255 e. The number of nitrogens with zero attached hydrogens (tertiary/aromatic N) is 1. The number of aromatic nitrogens is 1. The topological polar surface area (TPSA) is 80.2 Å². The molecule has 2 aromatic carbocycles. The largest absolute Gasteiger partial charge is 0.326 e. The third-order valence-corrected chi connectivity index (χ3v) is 3.90. The van der Waals surface area contributed by atoms with Gasteiger partial charge in [-0.1, -0.05) is 24.3 Å². The fourth-order valence-electron chi connectivity index (χ4n) is 2.82. The SMILES string of the molecule is CC(=O)Nc1cccc(-n2cc(-c3ccccc3NC(C)=O)ccc2=O)c1. The second-order valence-electron chi connectivity index (χ2n) is 6.08. The Morgan fingerprint density at radius 3 is 2.33 bits per heavy atom. The first-order chi connectivity index (χ1) is 12.9. The maximum Gasteiger partial charge on any atom is 0.255 e. The highest BCUT2D eigenvalue weighted by Crippen LogP contribution is 2.27. The van der Waals surface area contributed by atoms with E-state index in [1.54, 1.807) is 36.5 Å². The van der Waals surface area contributed by atoms with Gasteiger partial charge >= 0.3 is 0 Å². The maximum absolute atomic E-state index is 12.4. The number of hydrogen-bond acceptors (Lipinski definition) is 3. The molecule has 0 radical (unpaired) electrons. The molecule has 1 heterocycles. The van der Waals surface area contributed by atoms with E-state index in [-0.39, 0.29) is 17.4 Å². The van der Waals surface area contributed by atoms with Crippen molar-refractivity contribution in [3.8, 4) is 16.8 Å². The molecule has 0 saturated carbocycles. The van der Waals surface area contributed by atoms with Crippen LogP contribution in [0.4, 0.5) is 11.4 Å². The summed E-state index contributed by atoms with van der Waals surface area (Å²) in [7, 11) is 0. The molecule has 0 aliphatic heterocycles. The molecule has 0 aliphatic carbocycles. The highest BCUT2D eigenvalue weighted by atomic mass is 16.2. The van der Waals surface area contributed by atoms with Crippen LogP contribution in [0, 0.1) is 0 Å². The zero-order chi connectivity index (χ0) is 19.4. The van der Waals surface area contributed by atoms with Gasteiger partial charge in [-0.2, -0.15) is 0 Å². The number of nitrogens with one attached hydrogen (secondary N) is 2. The van der Waals surface area contributed by atoms with Crippen molar-refractivity contribution in [3.05, 3.63) is 77.2 Å². The van der Waals surface area contributed by atoms with Crippen LogP contribution >= 0.6 is 0 Å².